The zero-order chi connectivity index (χ0) is 28.2. The fraction of sp³-hybridized carbons (Fsp3) is 0.387. The van der Waals surface area contributed by atoms with Crippen molar-refractivity contribution in [1.29, 1.82) is 0 Å². The Morgan fingerprint density at radius 3 is 2.13 bits per heavy atom. The van der Waals surface area contributed by atoms with Crippen molar-refractivity contribution in [2.24, 2.45) is 0 Å². The van der Waals surface area contributed by atoms with E-state index in [0.717, 1.165) is 60.6 Å². The number of phenolic OH excluding ortho intramolecular Hbond substituents is 1. The summed E-state index contributed by atoms with van der Waals surface area (Å²) in [6, 6.07) is 18.6. The lowest BCUT2D eigenvalue weighted by Gasteiger charge is -2.40. The first kappa shape index (κ1) is 28.5. The van der Waals surface area contributed by atoms with Crippen LogP contribution < -0.4 is 4.90 Å². The molecule has 208 valence electrons. The summed E-state index contributed by atoms with van der Waals surface area (Å²) in [4.78, 5) is 19.1. The second-order valence-electron chi connectivity index (χ2n) is 10.1. The Hall–Kier alpha value is -3.52. The number of aromatic hydroxyl groups is 1. The summed E-state index contributed by atoms with van der Waals surface area (Å²) >= 11 is 0. The Morgan fingerprint density at radius 2 is 1.56 bits per heavy atom. The monoisotopic (exact) mass is 539 g/mol. The molecule has 1 saturated heterocycles. The van der Waals surface area contributed by atoms with Crippen LogP contribution >= 0.6 is 0 Å². The second kappa shape index (κ2) is 12.1. The normalized spacial score (nSPS) is 14.8. The molecular weight excluding hydrogens is 503 g/mol. The summed E-state index contributed by atoms with van der Waals surface area (Å²) in [6.07, 6.45) is -2.65. The summed E-state index contributed by atoms with van der Waals surface area (Å²) in [5.74, 6) is 0.192. The Morgan fingerprint density at radius 1 is 0.949 bits per heavy atom. The number of aryl methyl sites for hydroxylation is 1. The van der Waals surface area contributed by atoms with Gasteiger partial charge in [-0.2, -0.15) is 13.2 Å². The predicted molar refractivity (Wildman–Crippen MR) is 148 cm³/mol. The highest BCUT2D eigenvalue weighted by Gasteiger charge is 2.31. The van der Waals surface area contributed by atoms with Gasteiger partial charge in [0, 0.05) is 61.8 Å². The van der Waals surface area contributed by atoms with Gasteiger partial charge < -0.3 is 14.9 Å². The Bertz CT molecular complexity index is 1250. The minimum atomic E-state index is -4.33. The highest BCUT2D eigenvalue weighted by atomic mass is 19.4. The first-order valence-corrected chi connectivity index (χ1v) is 13.5. The summed E-state index contributed by atoms with van der Waals surface area (Å²) in [6.45, 7) is 9.42. The van der Waals surface area contributed by atoms with Gasteiger partial charge >= 0.3 is 6.18 Å². The SMILES string of the molecule is CCN(CC)C(=O)c1ccc(N(c2cc(O)ccc2C)C2CCN(Cc3ccc(C(F)(F)F)cc3)CC2)cc1. The lowest BCUT2D eigenvalue weighted by molar-refractivity contribution is -0.137. The molecule has 0 aliphatic carbocycles. The van der Waals surface area contributed by atoms with E-state index in [1.807, 2.05) is 51.1 Å². The number of rotatable bonds is 8. The van der Waals surface area contributed by atoms with Crippen LogP contribution in [0.25, 0.3) is 0 Å². The van der Waals surface area contributed by atoms with E-state index in [0.29, 0.717) is 25.2 Å². The number of carbonyl (C=O) groups is 1. The van der Waals surface area contributed by atoms with E-state index in [1.54, 1.807) is 29.2 Å². The summed E-state index contributed by atoms with van der Waals surface area (Å²) < 4.78 is 38.7. The topological polar surface area (TPSA) is 47.0 Å². The van der Waals surface area contributed by atoms with Crippen LogP contribution in [0.15, 0.2) is 66.7 Å². The first-order valence-electron chi connectivity index (χ1n) is 13.5. The van der Waals surface area contributed by atoms with E-state index in [-0.39, 0.29) is 17.7 Å². The number of halogens is 3. The van der Waals surface area contributed by atoms with Gasteiger partial charge in [0.05, 0.1) is 5.56 Å². The highest BCUT2D eigenvalue weighted by molar-refractivity contribution is 5.94. The van der Waals surface area contributed by atoms with Crippen molar-refractivity contribution in [3.8, 4) is 5.75 Å². The molecule has 1 heterocycles. The standard InChI is InChI=1S/C31H36F3N3O2/c1-4-36(5-2)30(39)24-9-13-26(14-10-24)37(29-20-28(38)15-6-22(29)3)27-16-18-35(19-17-27)21-23-7-11-25(12-8-23)31(32,33)34/h6-15,20,27,38H,4-5,16-19,21H2,1-3H3. The average Bonchev–Trinajstić information content (AvgIpc) is 2.92. The molecule has 5 nitrogen and oxygen atoms in total. The maximum absolute atomic E-state index is 12.9. The van der Waals surface area contributed by atoms with Gasteiger partial charge in [-0.15, -0.1) is 0 Å². The number of amides is 1. The number of piperidine rings is 1. The number of anilines is 2. The van der Waals surface area contributed by atoms with Crippen LogP contribution in [0.4, 0.5) is 24.5 Å². The van der Waals surface area contributed by atoms with E-state index in [2.05, 4.69) is 9.80 Å². The number of phenols is 1. The molecule has 3 aromatic carbocycles. The van der Waals surface area contributed by atoms with Crippen LogP contribution in [0, 0.1) is 6.92 Å². The van der Waals surface area contributed by atoms with Crippen molar-refractivity contribution in [3.05, 3.63) is 89.0 Å². The predicted octanol–water partition coefficient (Wildman–Crippen LogP) is 7.00. The maximum Gasteiger partial charge on any atom is 0.416 e. The van der Waals surface area contributed by atoms with Crippen molar-refractivity contribution in [3.63, 3.8) is 0 Å². The van der Waals surface area contributed by atoms with Crippen molar-refractivity contribution < 1.29 is 23.1 Å². The Balaban J connectivity index is 1.52. The fourth-order valence-corrected chi connectivity index (χ4v) is 5.25. The van der Waals surface area contributed by atoms with E-state index >= 15 is 0 Å². The molecule has 1 aliphatic heterocycles. The molecule has 4 rings (SSSR count). The number of likely N-dealkylation sites (tertiary alicyclic amines) is 1. The fourth-order valence-electron chi connectivity index (χ4n) is 5.25. The summed E-state index contributed by atoms with van der Waals surface area (Å²) in [7, 11) is 0. The lowest BCUT2D eigenvalue weighted by Crippen LogP contribution is -2.43. The van der Waals surface area contributed by atoms with E-state index in [1.165, 1.54) is 0 Å². The van der Waals surface area contributed by atoms with Crippen molar-refractivity contribution in [2.45, 2.75) is 52.4 Å². The molecule has 0 radical (unpaired) electrons. The molecule has 3 aromatic rings. The van der Waals surface area contributed by atoms with Crippen LogP contribution in [-0.4, -0.2) is 53.0 Å². The number of hydrogen-bond acceptors (Lipinski definition) is 4. The van der Waals surface area contributed by atoms with Gasteiger partial charge in [-0.1, -0.05) is 18.2 Å². The molecule has 0 unspecified atom stereocenters. The van der Waals surface area contributed by atoms with Crippen LogP contribution in [0.5, 0.6) is 5.75 Å². The van der Waals surface area contributed by atoms with Crippen molar-refractivity contribution in [2.75, 3.05) is 31.1 Å². The third-order valence-electron chi connectivity index (χ3n) is 7.51. The molecule has 1 N–H and O–H groups in total. The zero-order valence-electron chi connectivity index (χ0n) is 22.7. The number of carbonyl (C=O) groups excluding carboxylic acids is 1. The van der Waals surface area contributed by atoms with Gasteiger partial charge in [-0.25, -0.2) is 0 Å². The molecular formula is C31H36F3N3O2. The number of benzene rings is 3. The lowest BCUT2D eigenvalue weighted by atomic mass is 9.99. The Labute approximate surface area is 228 Å². The molecule has 0 spiro atoms. The van der Waals surface area contributed by atoms with Crippen molar-refractivity contribution >= 4 is 17.3 Å². The summed E-state index contributed by atoms with van der Waals surface area (Å²) in [5.41, 5.74) is 3.76. The molecule has 1 fully saturated rings. The molecule has 8 heteroatoms. The van der Waals surface area contributed by atoms with E-state index < -0.39 is 11.7 Å². The van der Waals surface area contributed by atoms with Crippen molar-refractivity contribution in [1.82, 2.24) is 9.80 Å². The first-order chi connectivity index (χ1) is 18.6. The number of nitrogens with zero attached hydrogens (tertiary/aromatic N) is 3. The van der Waals surface area contributed by atoms with Crippen LogP contribution in [-0.2, 0) is 12.7 Å². The minimum Gasteiger partial charge on any atom is -0.508 e. The Kier molecular flexibility index (Phi) is 8.85. The van der Waals surface area contributed by atoms with Gasteiger partial charge in [0.1, 0.15) is 5.75 Å². The number of hydrogen-bond donors (Lipinski definition) is 1. The molecule has 1 aliphatic rings. The van der Waals surface area contributed by atoms with Crippen LogP contribution in [0.3, 0.4) is 0 Å². The minimum absolute atomic E-state index is 0.00297. The third kappa shape index (κ3) is 6.74. The molecule has 1 amide bonds. The molecule has 0 saturated carbocycles. The van der Waals surface area contributed by atoms with Gasteiger partial charge in [0.2, 0.25) is 0 Å². The molecule has 0 atom stereocenters. The number of alkyl halides is 3. The average molecular weight is 540 g/mol. The summed E-state index contributed by atoms with van der Waals surface area (Å²) in [5, 5.41) is 10.3. The quantitative estimate of drug-likeness (QED) is 0.335. The van der Waals surface area contributed by atoms with Gasteiger partial charge in [0.15, 0.2) is 0 Å². The van der Waals surface area contributed by atoms with E-state index in [9.17, 15) is 23.1 Å². The van der Waals surface area contributed by atoms with Crippen LogP contribution in [0.2, 0.25) is 0 Å². The van der Waals surface area contributed by atoms with Gasteiger partial charge in [-0.05, 0) is 87.2 Å². The highest BCUT2D eigenvalue weighted by Crippen LogP contribution is 2.36. The second-order valence-corrected chi connectivity index (χ2v) is 10.1. The van der Waals surface area contributed by atoms with Crippen LogP contribution in [0.1, 0.15) is 53.7 Å². The van der Waals surface area contributed by atoms with Gasteiger partial charge in [0.25, 0.3) is 5.91 Å². The van der Waals surface area contributed by atoms with Gasteiger partial charge in [-0.3, -0.25) is 9.69 Å². The zero-order valence-corrected chi connectivity index (χ0v) is 22.7. The molecule has 39 heavy (non-hydrogen) atoms. The molecule has 0 bridgehead atoms. The van der Waals surface area contributed by atoms with E-state index in [4.69, 9.17) is 0 Å². The largest absolute Gasteiger partial charge is 0.508 e. The molecule has 0 aromatic heterocycles. The maximum atomic E-state index is 12.9. The third-order valence-corrected chi connectivity index (χ3v) is 7.51. The smallest absolute Gasteiger partial charge is 0.416 e.